The van der Waals surface area contributed by atoms with Crippen molar-refractivity contribution in [2.45, 2.75) is 45.6 Å². The van der Waals surface area contributed by atoms with Gasteiger partial charge in [0.05, 0.1) is 0 Å². The van der Waals surface area contributed by atoms with Crippen molar-refractivity contribution in [3.05, 3.63) is 33.8 Å². The molecule has 18 heavy (non-hydrogen) atoms. The van der Waals surface area contributed by atoms with E-state index in [1.165, 1.54) is 12.8 Å². The van der Waals surface area contributed by atoms with Crippen molar-refractivity contribution >= 4 is 23.2 Å². The van der Waals surface area contributed by atoms with Crippen LogP contribution in [0, 0.1) is 5.92 Å². The van der Waals surface area contributed by atoms with E-state index in [9.17, 15) is 0 Å². The zero-order valence-corrected chi connectivity index (χ0v) is 12.6. The quantitative estimate of drug-likeness (QED) is 0.583. The van der Waals surface area contributed by atoms with Crippen LogP contribution in [0.25, 0.3) is 0 Å². The molecule has 0 aliphatic carbocycles. The van der Waals surface area contributed by atoms with Crippen LogP contribution in [0.2, 0.25) is 10.0 Å². The van der Waals surface area contributed by atoms with Gasteiger partial charge in [0, 0.05) is 16.1 Å². The van der Waals surface area contributed by atoms with Gasteiger partial charge in [-0.3, -0.25) is 11.3 Å². The summed E-state index contributed by atoms with van der Waals surface area (Å²) >= 11 is 12.4. The van der Waals surface area contributed by atoms with Gasteiger partial charge in [0.1, 0.15) is 0 Å². The first-order valence-electron chi connectivity index (χ1n) is 6.47. The highest BCUT2D eigenvalue weighted by atomic mass is 35.5. The van der Waals surface area contributed by atoms with E-state index >= 15 is 0 Å². The summed E-state index contributed by atoms with van der Waals surface area (Å²) in [5.74, 6) is 6.28. The van der Waals surface area contributed by atoms with Crippen molar-refractivity contribution < 1.29 is 0 Å². The summed E-state index contributed by atoms with van der Waals surface area (Å²) in [4.78, 5) is 0. The molecule has 102 valence electrons. The van der Waals surface area contributed by atoms with Crippen LogP contribution in [0.3, 0.4) is 0 Å². The first-order chi connectivity index (χ1) is 8.58. The van der Waals surface area contributed by atoms with E-state index in [1.807, 2.05) is 18.2 Å². The molecule has 1 aromatic rings. The molecule has 3 N–H and O–H groups in total. The highest BCUT2D eigenvalue weighted by molar-refractivity contribution is 6.35. The molecule has 2 unspecified atom stereocenters. The van der Waals surface area contributed by atoms with Gasteiger partial charge >= 0.3 is 0 Å². The monoisotopic (exact) mass is 288 g/mol. The molecule has 0 fully saturated rings. The van der Waals surface area contributed by atoms with Crippen molar-refractivity contribution in [3.63, 3.8) is 0 Å². The smallest absolute Gasteiger partial charge is 0.0453 e. The lowest BCUT2D eigenvalue weighted by Crippen LogP contribution is -2.38. The normalized spacial score (nSPS) is 14.5. The standard InChI is InChI=1S/C14H22Cl2N2/c1-3-5-10(2)8-11(18-17)9-12-13(15)6-4-7-14(12)16/h4,6-7,10-11,18H,3,5,8-9,17H2,1-2H3. The number of hydrogen-bond acceptors (Lipinski definition) is 2. The lowest BCUT2D eigenvalue weighted by Gasteiger charge is -2.21. The van der Waals surface area contributed by atoms with E-state index in [2.05, 4.69) is 19.3 Å². The van der Waals surface area contributed by atoms with Crippen molar-refractivity contribution in [1.82, 2.24) is 5.43 Å². The second kappa shape index (κ2) is 8.00. The Bertz CT molecular complexity index is 349. The zero-order chi connectivity index (χ0) is 13.5. The number of nitrogens with two attached hydrogens (primary N) is 1. The first kappa shape index (κ1) is 15.8. The molecule has 0 saturated carbocycles. The third-order valence-corrected chi connectivity index (χ3v) is 3.92. The van der Waals surface area contributed by atoms with Gasteiger partial charge in [-0.1, -0.05) is 56.0 Å². The summed E-state index contributed by atoms with van der Waals surface area (Å²) in [6.45, 7) is 4.45. The molecular weight excluding hydrogens is 267 g/mol. The summed E-state index contributed by atoms with van der Waals surface area (Å²) in [5.41, 5.74) is 3.86. The molecule has 0 radical (unpaired) electrons. The Morgan fingerprint density at radius 3 is 2.39 bits per heavy atom. The Kier molecular flexibility index (Phi) is 7.02. The van der Waals surface area contributed by atoms with E-state index in [-0.39, 0.29) is 6.04 Å². The molecule has 0 heterocycles. The van der Waals surface area contributed by atoms with Crippen molar-refractivity contribution in [1.29, 1.82) is 0 Å². The maximum Gasteiger partial charge on any atom is 0.0453 e. The minimum atomic E-state index is 0.212. The maximum atomic E-state index is 6.18. The molecule has 2 atom stereocenters. The average molecular weight is 289 g/mol. The summed E-state index contributed by atoms with van der Waals surface area (Å²) in [6.07, 6.45) is 4.22. The molecule has 0 spiro atoms. The van der Waals surface area contributed by atoms with Gasteiger partial charge in [-0.05, 0) is 36.5 Å². The fraction of sp³-hybridized carbons (Fsp3) is 0.571. The molecule has 2 nitrogen and oxygen atoms in total. The first-order valence-corrected chi connectivity index (χ1v) is 7.23. The van der Waals surface area contributed by atoms with E-state index in [0.29, 0.717) is 16.0 Å². The predicted octanol–water partition coefficient (Wildman–Crippen LogP) is 4.19. The summed E-state index contributed by atoms with van der Waals surface area (Å²) < 4.78 is 0. The SMILES string of the molecule is CCCC(C)CC(Cc1c(Cl)cccc1Cl)NN. The molecule has 1 aromatic carbocycles. The van der Waals surface area contributed by atoms with Crippen LogP contribution < -0.4 is 11.3 Å². The second-order valence-electron chi connectivity index (χ2n) is 4.90. The maximum absolute atomic E-state index is 6.18. The fourth-order valence-corrected chi connectivity index (χ4v) is 2.83. The molecule has 0 saturated heterocycles. The molecular formula is C14H22Cl2N2. The number of rotatable bonds is 7. The van der Waals surface area contributed by atoms with E-state index < -0.39 is 0 Å². The molecule has 1 rings (SSSR count). The third-order valence-electron chi connectivity index (χ3n) is 3.22. The lowest BCUT2D eigenvalue weighted by atomic mass is 9.93. The van der Waals surface area contributed by atoms with Crippen molar-refractivity contribution in [2.75, 3.05) is 0 Å². The van der Waals surface area contributed by atoms with Crippen LogP contribution in [0.4, 0.5) is 0 Å². The number of hydrogen-bond donors (Lipinski definition) is 2. The fourth-order valence-electron chi connectivity index (χ4n) is 2.28. The minimum absolute atomic E-state index is 0.212. The Hall–Kier alpha value is -0.280. The Balaban J connectivity index is 2.68. The van der Waals surface area contributed by atoms with Crippen molar-refractivity contribution in [3.8, 4) is 0 Å². The number of nitrogens with one attached hydrogen (secondary N) is 1. The van der Waals surface area contributed by atoms with Crippen LogP contribution in [0.15, 0.2) is 18.2 Å². The second-order valence-corrected chi connectivity index (χ2v) is 5.71. The number of hydrazine groups is 1. The van der Waals surface area contributed by atoms with Gasteiger partial charge in [0.25, 0.3) is 0 Å². The van der Waals surface area contributed by atoms with Gasteiger partial charge in [-0.25, -0.2) is 0 Å². The Morgan fingerprint density at radius 1 is 1.28 bits per heavy atom. The Morgan fingerprint density at radius 2 is 1.89 bits per heavy atom. The van der Waals surface area contributed by atoms with Crippen LogP contribution in [0.1, 0.15) is 38.7 Å². The molecule has 0 aliphatic rings. The van der Waals surface area contributed by atoms with Crippen LogP contribution >= 0.6 is 23.2 Å². The summed E-state index contributed by atoms with van der Waals surface area (Å²) in [5, 5.41) is 1.43. The lowest BCUT2D eigenvalue weighted by molar-refractivity contribution is 0.385. The number of halogens is 2. The van der Waals surface area contributed by atoms with Gasteiger partial charge < -0.3 is 0 Å². The minimum Gasteiger partial charge on any atom is -0.271 e. The van der Waals surface area contributed by atoms with Crippen molar-refractivity contribution in [2.24, 2.45) is 11.8 Å². The summed E-state index contributed by atoms with van der Waals surface area (Å²) in [6, 6.07) is 5.81. The average Bonchev–Trinajstić information content (AvgIpc) is 2.33. The predicted molar refractivity (Wildman–Crippen MR) is 80.0 cm³/mol. The zero-order valence-electron chi connectivity index (χ0n) is 11.0. The summed E-state index contributed by atoms with van der Waals surface area (Å²) in [7, 11) is 0. The van der Waals surface area contributed by atoms with Crippen LogP contribution in [-0.4, -0.2) is 6.04 Å². The molecule has 0 aromatic heterocycles. The third kappa shape index (κ3) is 4.77. The highest BCUT2D eigenvalue weighted by Crippen LogP contribution is 2.27. The van der Waals surface area contributed by atoms with Gasteiger partial charge in [0.15, 0.2) is 0 Å². The van der Waals surface area contributed by atoms with Crippen LogP contribution in [0.5, 0.6) is 0 Å². The molecule has 0 amide bonds. The van der Waals surface area contributed by atoms with E-state index in [0.717, 1.165) is 18.4 Å². The molecule has 0 aliphatic heterocycles. The number of benzene rings is 1. The van der Waals surface area contributed by atoms with Gasteiger partial charge in [0.2, 0.25) is 0 Å². The topological polar surface area (TPSA) is 38.0 Å². The largest absolute Gasteiger partial charge is 0.271 e. The van der Waals surface area contributed by atoms with E-state index in [4.69, 9.17) is 29.0 Å². The van der Waals surface area contributed by atoms with Gasteiger partial charge in [-0.2, -0.15) is 0 Å². The highest BCUT2D eigenvalue weighted by Gasteiger charge is 2.15. The van der Waals surface area contributed by atoms with E-state index in [1.54, 1.807) is 0 Å². The van der Waals surface area contributed by atoms with Crippen LogP contribution in [-0.2, 0) is 6.42 Å². The molecule has 0 bridgehead atoms. The van der Waals surface area contributed by atoms with Gasteiger partial charge in [-0.15, -0.1) is 0 Å². The molecule has 4 heteroatoms. The Labute approximate surface area is 120 Å².